The average molecular weight is 542 g/mol. The minimum atomic E-state index is -0.970. The van der Waals surface area contributed by atoms with E-state index in [0.29, 0.717) is 27.6 Å². The van der Waals surface area contributed by atoms with Crippen LogP contribution in [0.4, 0.5) is 0 Å². The highest BCUT2D eigenvalue weighted by molar-refractivity contribution is 7.12. The van der Waals surface area contributed by atoms with Crippen LogP contribution in [-0.4, -0.2) is 41.8 Å². The number of hydrogen-bond acceptors (Lipinski definition) is 5. The largest absolute Gasteiger partial charge is 0.497 e. The van der Waals surface area contributed by atoms with Crippen molar-refractivity contribution in [3.05, 3.63) is 87.1 Å². The summed E-state index contributed by atoms with van der Waals surface area (Å²) in [7, 11) is 1.55. The first kappa shape index (κ1) is 28.2. The molecule has 0 unspecified atom stereocenters. The Morgan fingerprint density at radius 3 is 2.43 bits per heavy atom. The van der Waals surface area contributed by atoms with E-state index in [2.05, 4.69) is 10.6 Å². The van der Waals surface area contributed by atoms with Crippen molar-refractivity contribution < 1.29 is 19.1 Å². The van der Waals surface area contributed by atoms with E-state index in [0.717, 1.165) is 5.56 Å². The van der Waals surface area contributed by atoms with E-state index >= 15 is 0 Å². The van der Waals surface area contributed by atoms with E-state index in [9.17, 15) is 14.4 Å². The first-order chi connectivity index (χ1) is 17.6. The molecule has 0 saturated carbocycles. The van der Waals surface area contributed by atoms with Gasteiger partial charge in [-0.15, -0.1) is 11.3 Å². The monoisotopic (exact) mass is 541 g/mol. The molecule has 9 heteroatoms. The van der Waals surface area contributed by atoms with Crippen LogP contribution in [-0.2, 0) is 16.1 Å². The van der Waals surface area contributed by atoms with Crippen molar-refractivity contribution in [1.82, 2.24) is 15.5 Å². The highest BCUT2D eigenvalue weighted by Crippen LogP contribution is 2.28. The first-order valence-corrected chi connectivity index (χ1v) is 13.2. The number of thiophene rings is 1. The lowest BCUT2D eigenvalue weighted by Crippen LogP contribution is -2.51. The van der Waals surface area contributed by atoms with Gasteiger partial charge in [-0.25, -0.2) is 0 Å². The zero-order valence-electron chi connectivity index (χ0n) is 21.4. The second-order valence-electron chi connectivity index (χ2n) is 9.21. The molecule has 0 spiro atoms. The zero-order chi connectivity index (χ0) is 27.0. The fraction of sp³-hybridized carbons (Fsp3) is 0.321. The van der Waals surface area contributed by atoms with Crippen LogP contribution in [0.2, 0.25) is 5.02 Å². The molecule has 0 aliphatic rings. The average Bonchev–Trinajstić information content (AvgIpc) is 3.43. The number of carbonyl (C=O) groups excluding carboxylic acids is 3. The van der Waals surface area contributed by atoms with E-state index in [1.54, 1.807) is 61.0 Å². The summed E-state index contributed by atoms with van der Waals surface area (Å²) in [6.45, 7) is 5.71. The summed E-state index contributed by atoms with van der Waals surface area (Å²) in [6.07, 6.45) is 0.700. The van der Waals surface area contributed by atoms with E-state index in [4.69, 9.17) is 16.3 Å². The maximum absolute atomic E-state index is 13.8. The van der Waals surface area contributed by atoms with Crippen molar-refractivity contribution in [2.75, 3.05) is 13.7 Å². The molecule has 1 heterocycles. The number of ether oxygens (including phenoxy) is 1. The first-order valence-electron chi connectivity index (χ1n) is 11.9. The number of rotatable bonds is 11. The minimum absolute atomic E-state index is 0.132. The minimum Gasteiger partial charge on any atom is -0.497 e. The molecule has 0 aliphatic carbocycles. The van der Waals surface area contributed by atoms with Crippen molar-refractivity contribution in [3.8, 4) is 5.75 Å². The molecule has 1 atom stereocenters. The third-order valence-corrected chi connectivity index (χ3v) is 7.17. The third-order valence-electron chi connectivity index (χ3n) is 6.05. The van der Waals surface area contributed by atoms with Crippen molar-refractivity contribution in [3.63, 3.8) is 0 Å². The van der Waals surface area contributed by atoms with Crippen molar-refractivity contribution in [2.45, 2.75) is 45.3 Å². The lowest BCUT2D eigenvalue weighted by Gasteiger charge is -2.35. The number of halogens is 1. The molecule has 196 valence electrons. The summed E-state index contributed by atoms with van der Waals surface area (Å²) in [5.74, 6) is -0.511. The molecular formula is C28H32ClN3O4S. The summed E-state index contributed by atoms with van der Waals surface area (Å²) in [5, 5.41) is 8.13. The molecular weight excluding hydrogens is 510 g/mol. The molecule has 37 heavy (non-hydrogen) atoms. The second-order valence-corrected chi connectivity index (χ2v) is 10.6. The molecule has 7 nitrogen and oxygen atoms in total. The van der Waals surface area contributed by atoms with Crippen molar-refractivity contribution in [2.24, 2.45) is 0 Å². The fourth-order valence-electron chi connectivity index (χ4n) is 3.64. The Morgan fingerprint density at radius 2 is 1.81 bits per heavy atom. The van der Waals surface area contributed by atoms with Gasteiger partial charge in [0.2, 0.25) is 11.8 Å². The third kappa shape index (κ3) is 7.81. The predicted molar refractivity (Wildman–Crippen MR) is 147 cm³/mol. The van der Waals surface area contributed by atoms with Crippen LogP contribution in [0.5, 0.6) is 5.75 Å². The fourth-order valence-corrected chi connectivity index (χ4v) is 4.40. The molecule has 1 aromatic heterocycles. The summed E-state index contributed by atoms with van der Waals surface area (Å²) in [5.41, 5.74) is 0.893. The molecule has 0 fully saturated rings. The number of hydrogen-bond donors (Lipinski definition) is 2. The smallest absolute Gasteiger partial charge is 0.261 e. The van der Waals surface area contributed by atoms with Gasteiger partial charge in [-0.2, -0.15) is 0 Å². The summed E-state index contributed by atoms with van der Waals surface area (Å²) in [6, 6.07) is 16.7. The lowest BCUT2D eigenvalue weighted by molar-refractivity contribution is -0.141. The second kappa shape index (κ2) is 12.7. The normalized spacial score (nSPS) is 11.9. The van der Waals surface area contributed by atoms with Gasteiger partial charge in [0.25, 0.3) is 5.91 Å². The molecule has 3 aromatic rings. The van der Waals surface area contributed by atoms with Gasteiger partial charge in [0.15, 0.2) is 0 Å². The number of nitrogens with one attached hydrogen (secondary N) is 2. The Morgan fingerprint density at radius 1 is 1.08 bits per heavy atom. The Balaban J connectivity index is 2.00. The standard InChI is InChI=1S/C28H32ClN3O4S/c1-5-28(2,3)31-27(35)25(20-8-6-9-22(16-20)36-4)32(18-19-11-13-21(29)14-12-19)24(33)17-30-26(34)23-10-7-15-37-23/h6-16,25H,5,17-18H2,1-4H3,(H,30,34)(H,31,35)/t25-/m0/s1. The highest BCUT2D eigenvalue weighted by atomic mass is 35.5. The molecule has 0 bridgehead atoms. The van der Waals surface area contributed by atoms with Gasteiger partial charge in [0, 0.05) is 17.1 Å². The topological polar surface area (TPSA) is 87.7 Å². The van der Waals surface area contributed by atoms with Gasteiger partial charge in [-0.05, 0) is 67.1 Å². The van der Waals surface area contributed by atoms with E-state index < -0.39 is 17.5 Å². The van der Waals surface area contributed by atoms with E-state index in [-0.39, 0.29) is 24.9 Å². The summed E-state index contributed by atoms with van der Waals surface area (Å²) >= 11 is 7.36. The quantitative estimate of drug-likeness (QED) is 0.348. The highest BCUT2D eigenvalue weighted by Gasteiger charge is 2.34. The number of carbonyl (C=O) groups is 3. The molecule has 3 amide bonds. The van der Waals surface area contributed by atoms with Gasteiger partial charge < -0.3 is 20.3 Å². The Labute approximate surface area is 226 Å². The summed E-state index contributed by atoms with van der Waals surface area (Å²) in [4.78, 5) is 42.0. The number of amides is 3. The van der Waals surface area contributed by atoms with E-state index in [1.807, 2.05) is 32.9 Å². The van der Waals surface area contributed by atoms with Gasteiger partial charge in [-0.3, -0.25) is 14.4 Å². The maximum Gasteiger partial charge on any atom is 0.261 e. The predicted octanol–water partition coefficient (Wildman–Crippen LogP) is 5.21. The van der Waals surface area contributed by atoms with Crippen molar-refractivity contribution >= 4 is 40.7 Å². The number of benzene rings is 2. The van der Waals surface area contributed by atoms with Gasteiger partial charge >= 0.3 is 0 Å². The zero-order valence-corrected chi connectivity index (χ0v) is 23.0. The molecule has 2 N–H and O–H groups in total. The van der Waals surface area contributed by atoms with Gasteiger partial charge in [-0.1, -0.05) is 48.9 Å². The molecule has 3 rings (SSSR count). The Kier molecular flexibility index (Phi) is 9.72. The van der Waals surface area contributed by atoms with Crippen LogP contribution < -0.4 is 15.4 Å². The number of nitrogens with zero attached hydrogens (tertiary/aromatic N) is 1. The molecule has 2 aromatic carbocycles. The molecule has 0 radical (unpaired) electrons. The van der Waals surface area contributed by atoms with Crippen LogP contribution in [0.3, 0.4) is 0 Å². The van der Waals surface area contributed by atoms with Crippen LogP contribution in [0.25, 0.3) is 0 Å². The van der Waals surface area contributed by atoms with Crippen LogP contribution in [0.1, 0.15) is 54.0 Å². The lowest BCUT2D eigenvalue weighted by atomic mass is 9.98. The maximum atomic E-state index is 13.8. The Hall–Kier alpha value is -3.36. The van der Waals surface area contributed by atoms with Gasteiger partial charge in [0.1, 0.15) is 11.8 Å². The molecule has 0 saturated heterocycles. The Bertz CT molecular complexity index is 1210. The van der Waals surface area contributed by atoms with Crippen molar-refractivity contribution in [1.29, 1.82) is 0 Å². The molecule has 0 aliphatic heterocycles. The summed E-state index contributed by atoms with van der Waals surface area (Å²) < 4.78 is 5.39. The van der Waals surface area contributed by atoms with Crippen LogP contribution in [0, 0.1) is 0 Å². The van der Waals surface area contributed by atoms with Crippen LogP contribution in [0.15, 0.2) is 66.0 Å². The SMILES string of the molecule is CCC(C)(C)NC(=O)[C@H](c1cccc(OC)c1)N(Cc1ccc(Cl)cc1)C(=O)CNC(=O)c1cccs1. The van der Waals surface area contributed by atoms with E-state index in [1.165, 1.54) is 16.2 Å². The number of methoxy groups -OCH3 is 1. The van der Waals surface area contributed by atoms with Gasteiger partial charge in [0.05, 0.1) is 18.5 Å². The van der Waals surface area contributed by atoms with Crippen LogP contribution >= 0.6 is 22.9 Å².